The first kappa shape index (κ1) is 12.9. The van der Waals surface area contributed by atoms with Crippen molar-refractivity contribution in [3.63, 3.8) is 0 Å². The molecule has 1 aliphatic heterocycles. The van der Waals surface area contributed by atoms with Crippen LogP contribution in [-0.2, 0) is 0 Å². The first-order valence-electron chi connectivity index (χ1n) is 7.05. The average Bonchev–Trinajstić information content (AvgIpc) is 3.10. The number of terminal acetylenes is 1. The molecule has 0 aromatic heterocycles. The summed E-state index contributed by atoms with van der Waals surface area (Å²) in [6.07, 6.45) is 10.7. The second-order valence-electron chi connectivity index (χ2n) is 6.15. The van der Waals surface area contributed by atoms with E-state index in [1.54, 1.807) is 0 Å². The standard InChI is InChI=1S/C15H26N2/c1-4-9-17-10-5-14(6-11-17)16-12-15(7-8-15)13(2)3/h1,13-14,16H,5-12H2,2-3H3. The molecule has 0 radical (unpaired) electrons. The summed E-state index contributed by atoms with van der Waals surface area (Å²) in [7, 11) is 0. The van der Waals surface area contributed by atoms with E-state index in [1.807, 2.05) is 0 Å². The number of nitrogens with zero attached hydrogens (tertiary/aromatic N) is 1. The van der Waals surface area contributed by atoms with Crippen molar-refractivity contribution in [3.8, 4) is 12.3 Å². The maximum atomic E-state index is 5.34. The van der Waals surface area contributed by atoms with Gasteiger partial charge < -0.3 is 5.32 Å². The Hall–Kier alpha value is -0.520. The Morgan fingerprint density at radius 2 is 2.00 bits per heavy atom. The molecule has 1 heterocycles. The molecule has 1 saturated heterocycles. The summed E-state index contributed by atoms with van der Waals surface area (Å²) >= 11 is 0. The SMILES string of the molecule is C#CCN1CCC(NCC2(C(C)C)CC2)CC1. The third kappa shape index (κ3) is 3.24. The Balaban J connectivity index is 1.67. The lowest BCUT2D eigenvalue weighted by Crippen LogP contribution is -2.44. The molecule has 2 fully saturated rings. The van der Waals surface area contributed by atoms with E-state index in [-0.39, 0.29) is 0 Å². The first-order valence-corrected chi connectivity index (χ1v) is 7.05. The van der Waals surface area contributed by atoms with Crippen molar-refractivity contribution in [2.24, 2.45) is 11.3 Å². The second kappa shape index (κ2) is 5.42. The molecular formula is C15H26N2. The summed E-state index contributed by atoms with van der Waals surface area (Å²) < 4.78 is 0. The Morgan fingerprint density at radius 3 is 2.47 bits per heavy atom. The fourth-order valence-electron chi connectivity index (χ4n) is 2.89. The van der Waals surface area contributed by atoms with Crippen LogP contribution in [0, 0.1) is 23.7 Å². The van der Waals surface area contributed by atoms with Gasteiger partial charge in [0, 0.05) is 25.7 Å². The van der Waals surface area contributed by atoms with Crippen LogP contribution in [0.4, 0.5) is 0 Å². The predicted molar refractivity (Wildman–Crippen MR) is 72.8 cm³/mol. The lowest BCUT2D eigenvalue weighted by Gasteiger charge is -2.32. The lowest BCUT2D eigenvalue weighted by atomic mass is 9.91. The molecule has 1 saturated carbocycles. The maximum absolute atomic E-state index is 5.34. The van der Waals surface area contributed by atoms with Gasteiger partial charge in [-0.25, -0.2) is 0 Å². The molecule has 2 nitrogen and oxygen atoms in total. The van der Waals surface area contributed by atoms with E-state index in [1.165, 1.54) is 32.2 Å². The monoisotopic (exact) mass is 234 g/mol. The molecule has 17 heavy (non-hydrogen) atoms. The molecule has 0 aromatic carbocycles. The maximum Gasteiger partial charge on any atom is 0.0598 e. The van der Waals surface area contributed by atoms with Gasteiger partial charge in [-0.2, -0.15) is 0 Å². The number of hydrogen-bond acceptors (Lipinski definition) is 2. The molecule has 0 bridgehead atoms. The number of likely N-dealkylation sites (tertiary alicyclic amines) is 1. The minimum atomic E-state index is 0.635. The van der Waals surface area contributed by atoms with Crippen LogP contribution in [0.2, 0.25) is 0 Å². The molecular weight excluding hydrogens is 208 g/mol. The van der Waals surface area contributed by atoms with Crippen LogP contribution >= 0.6 is 0 Å². The Bertz CT molecular complexity index is 278. The van der Waals surface area contributed by atoms with Crippen molar-refractivity contribution < 1.29 is 0 Å². The van der Waals surface area contributed by atoms with E-state index >= 15 is 0 Å². The van der Waals surface area contributed by atoms with Gasteiger partial charge in [0.2, 0.25) is 0 Å². The van der Waals surface area contributed by atoms with E-state index < -0.39 is 0 Å². The summed E-state index contributed by atoms with van der Waals surface area (Å²) in [5.41, 5.74) is 0.635. The molecule has 0 aromatic rings. The zero-order valence-corrected chi connectivity index (χ0v) is 11.3. The van der Waals surface area contributed by atoms with Crippen LogP contribution in [0.5, 0.6) is 0 Å². The molecule has 2 rings (SSSR count). The predicted octanol–water partition coefficient (Wildman–Crippen LogP) is 2.11. The minimum Gasteiger partial charge on any atom is -0.313 e. The van der Waals surface area contributed by atoms with E-state index in [2.05, 4.69) is 30.0 Å². The molecule has 0 atom stereocenters. The van der Waals surface area contributed by atoms with Crippen molar-refractivity contribution in [2.75, 3.05) is 26.2 Å². The molecule has 2 heteroatoms. The Kier molecular flexibility index (Phi) is 4.12. The highest BCUT2D eigenvalue weighted by molar-refractivity contribution is 4.98. The fourth-order valence-corrected chi connectivity index (χ4v) is 2.89. The van der Waals surface area contributed by atoms with Crippen molar-refractivity contribution >= 4 is 0 Å². The number of nitrogens with one attached hydrogen (secondary N) is 1. The third-order valence-corrected chi connectivity index (χ3v) is 4.76. The Morgan fingerprint density at radius 1 is 1.35 bits per heavy atom. The van der Waals surface area contributed by atoms with Crippen LogP contribution in [0.25, 0.3) is 0 Å². The molecule has 0 spiro atoms. The molecule has 1 N–H and O–H groups in total. The highest BCUT2D eigenvalue weighted by Gasteiger charge is 2.45. The summed E-state index contributed by atoms with van der Waals surface area (Å²) in [5, 5.41) is 3.79. The molecule has 1 aliphatic carbocycles. The topological polar surface area (TPSA) is 15.3 Å². The zero-order valence-electron chi connectivity index (χ0n) is 11.3. The van der Waals surface area contributed by atoms with Crippen molar-refractivity contribution in [2.45, 2.75) is 45.6 Å². The van der Waals surface area contributed by atoms with Crippen LogP contribution in [0.15, 0.2) is 0 Å². The van der Waals surface area contributed by atoms with Gasteiger partial charge in [0.15, 0.2) is 0 Å². The van der Waals surface area contributed by atoms with Crippen molar-refractivity contribution in [1.29, 1.82) is 0 Å². The van der Waals surface area contributed by atoms with Crippen molar-refractivity contribution in [1.82, 2.24) is 10.2 Å². The van der Waals surface area contributed by atoms with Gasteiger partial charge in [-0.05, 0) is 37.0 Å². The van der Waals surface area contributed by atoms with Crippen LogP contribution in [0.1, 0.15) is 39.5 Å². The molecule has 96 valence electrons. The second-order valence-corrected chi connectivity index (χ2v) is 6.15. The van der Waals surface area contributed by atoms with Gasteiger partial charge in [0.05, 0.1) is 6.54 Å². The first-order chi connectivity index (χ1) is 8.16. The number of piperidine rings is 1. The lowest BCUT2D eigenvalue weighted by molar-refractivity contribution is 0.206. The quantitative estimate of drug-likeness (QED) is 0.733. The largest absolute Gasteiger partial charge is 0.313 e. The Labute approximate surface area is 106 Å². The minimum absolute atomic E-state index is 0.635. The van der Waals surface area contributed by atoms with E-state index in [4.69, 9.17) is 6.42 Å². The summed E-state index contributed by atoms with van der Waals surface area (Å²) in [5.74, 6) is 3.57. The zero-order chi connectivity index (χ0) is 12.3. The normalized spacial score (nSPS) is 24.8. The number of hydrogen-bond donors (Lipinski definition) is 1. The highest BCUT2D eigenvalue weighted by atomic mass is 15.1. The van der Waals surface area contributed by atoms with Crippen LogP contribution in [0.3, 0.4) is 0 Å². The highest BCUT2D eigenvalue weighted by Crippen LogP contribution is 2.51. The van der Waals surface area contributed by atoms with E-state index in [0.29, 0.717) is 5.41 Å². The summed E-state index contributed by atoms with van der Waals surface area (Å²) in [6.45, 7) is 9.11. The molecule has 0 unspecified atom stereocenters. The van der Waals surface area contributed by atoms with Gasteiger partial charge in [-0.15, -0.1) is 6.42 Å². The van der Waals surface area contributed by atoms with Crippen LogP contribution in [-0.4, -0.2) is 37.1 Å². The van der Waals surface area contributed by atoms with Crippen molar-refractivity contribution in [3.05, 3.63) is 0 Å². The smallest absolute Gasteiger partial charge is 0.0598 e. The summed E-state index contributed by atoms with van der Waals surface area (Å²) in [6, 6.07) is 0.722. The molecule has 0 amide bonds. The van der Waals surface area contributed by atoms with E-state index in [0.717, 1.165) is 31.6 Å². The van der Waals surface area contributed by atoms with Gasteiger partial charge in [-0.1, -0.05) is 19.8 Å². The molecule has 2 aliphatic rings. The average molecular weight is 234 g/mol. The van der Waals surface area contributed by atoms with E-state index in [9.17, 15) is 0 Å². The van der Waals surface area contributed by atoms with Crippen LogP contribution < -0.4 is 5.32 Å². The summed E-state index contributed by atoms with van der Waals surface area (Å²) in [4.78, 5) is 2.38. The van der Waals surface area contributed by atoms with Gasteiger partial charge >= 0.3 is 0 Å². The van der Waals surface area contributed by atoms with Gasteiger partial charge in [0.1, 0.15) is 0 Å². The van der Waals surface area contributed by atoms with Gasteiger partial charge in [-0.3, -0.25) is 4.90 Å². The number of rotatable bonds is 5. The van der Waals surface area contributed by atoms with Gasteiger partial charge in [0.25, 0.3) is 0 Å². The fraction of sp³-hybridized carbons (Fsp3) is 0.867. The third-order valence-electron chi connectivity index (χ3n) is 4.76.